The molecule has 0 saturated heterocycles. The van der Waals surface area contributed by atoms with E-state index in [-0.39, 0.29) is 25.8 Å². The SMILES string of the molecule is [Sc].c1ccc([P+]([Si]c2cccc3c2Cc2ccccc2-3)(c2ccccc2)c2ccccc2)cc1. The molecule has 1 aliphatic carbocycles. The van der Waals surface area contributed by atoms with Crippen LogP contribution in [0.4, 0.5) is 0 Å². The Bertz CT molecular complexity index is 1310. The molecule has 3 radical (unpaired) electrons. The molecule has 34 heavy (non-hydrogen) atoms. The van der Waals surface area contributed by atoms with Crippen molar-refractivity contribution in [3.05, 3.63) is 145 Å². The van der Waals surface area contributed by atoms with Crippen LogP contribution in [0.3, 0.4) is 0 Å². The van der Waals surface area contributed by atoms with Gasteiger partial charge >= 0.3 is 9.19 Å². The summed E-state index contributed by atoms with van der Waals surface area (Å²) in [5.74, 6) is 0. The van der Waals surface area contributed by atoms with E-state index < -0.39 is 6.81 Å². The Kier molecular flexibility index (Phi) is 6.93. The van der Waals surface area contributed by atoms with Crippen LogP contribution in [0.2, 0.25) is 0 Å². The van der Waals surface area contributed by atoms with E-state index in [0.717, 1.165) is 6.42 Å². The maximum atomic E-state index is 2.38. The van der Waals surface area contributed by atoms with E-state index in [2.05, 4.69) is 133 Å². The summed E-state index contributed by atoms with van der Waals surface area (Å²) in [6, 6.07) is 49.5. The smallest absolute Gasteiger partial charge is 0.0620 e. The first-order valence-electron chi connectivity index (χ1n) is 11.4. The molecule has 0 spiro atoms. The second-order valence-electron chi connectivity index (χ2n) is 8.45. The summed E-state index contributed by atoms with van der Waals surface area (Å²) in [6.45, 7) is -1.87. The van der Waals surface area contributed by atoms with Gasteiger partial charge in [-0.25, -0.2) is 0 Å². The first kappa shape index (κ1) is 23.4. The predicted molar refractivity (Wildman–Crippen MR) is 145 cm³/mol. The third-order valence-electron chi connectivity index (χ3n) is 6.57. The molecule has 0 heterocycles. The van der Waals surface area contributed by atoms with E-state index in [0.29, 0.717) is 9.19 Å². The second kappa shape index (κ2) is 10.1. The van der Waals surface area contributed by atoms with Crippen molar-refractivity contribution in [3.8, 4) is 11.1 Å². The van der Waals surface area contributed by atoms with Crippen molar-refractivity contribution < 1.29 is 25.8 Å². The molecule has 0 aliphatic heterocycles. The summed E-state index contributed by atoms with van der Waals surface area (Å²) in [5, 5.41) is 5.87. The van der Waals surface area contributed by atoms with Gasteiger partial charge < -0.3 is 0 Å². The molecule has 0 atom stereocenters. The van der Waals surface area contributed by atoms with E-state index in [4.69, 9.17) is 0 Å². The number of hydrogen-bond donors (Lipinski definition) is 0. The van der Waals surface area contributed by atoms with Crippen molar-refractivity contribution in [3.63, 3.8) is 0 Å². The topological polar surface area (TPSA) is 0 Å². The average Bonchev–Trinajstić information content (AvgIpc) is 3.28. The largest absolute Gasteiger partial charge is 0.353 e. The van der Waals surface area contributed by atoms with Crippen LogP contribution in [0.25, 0.3) is 11.1 Å². The molecular weight excluding hydrogens is 476 g/mol. The monoisotopic (exact) mass is 500 g/mol. The van der Waals surface area contributed by atoms with Gasteiger partial charge in [0.15, 0.2) is 0 Å². The minimum absolute atomic E-state index is 0. The molecule has 3 heteroatoms. The maximum Gasteiger partial charge on any atom is 0.353 e. The van der Waals surface area contributed by atoms with Crippen LogP contribution in [0, 0.1) is 0 Å². The molecular formula is C31H24PScSi+. The Morgan fingerprint density at radius 2 is 0.941 bits per heavy atom. The molecule has 0 unspecified atom stereocenters. The van der Waals surface area contributed by atoms with Gasteiger partial charge in [-0.05, 0) is 70.3 Å². The average molecular weight is 501 g/mol. The van der Waals surface area contributed by atoms with E-state index in [9.17, 15) is 0 Å². The van der Waals surface area contributed by atoms with Gasteiger partial charge in [0.05, 0.1) is 22.7 Å². The van der Waals surface area contributed by atoms with E-state index >= 15 is 0 Å². The van der Waals surface area contributed by atoms with Crippen molar-refractivity contribution in [1.82, 2.24) is 0 Å². The van der Waals surface area contributed by atoms with Crippen LogP contribution < -0.4 is 21.1 Å². The van der Waals surface area contributed by atoms with Crippen LogP contribution in [-0.2, 0) is 32.3 Å². The molecule has 0 bridgehead atoms. The van der Waals surface area contributed by atoms with Gasteiger partial charge in [0.2, 0.25) is 0 Å². The molecule has 0 nitrogen and oxygen atoms in total. The molecule has 5 aromatic rings. The number of rotatable bonds is 5. The van der Waals surface area contributed by atoms with Crippen molar-refractivity contribution in [2.24, 2.45) is 0 Å². The molecule has 5 aromatic carbocycles. The van der Waals surface area contributed by atoms with Crippen molar-refractivity contribution in [2.75, 3.05) is 0 Å². The molecule has 0 N–H and O–H groups in total. The zero-order valence-corrected chi connectivity index (χ0v) is 22.6. The fourth-order valence-corrected chi connectivity index (χ4v) is 13.3. The van der Waals surface area contributed by atoms with Crippen LogP contribution in [-0.4, -0.2) is 9.19 Å². The number of fused-ring (bicyclic) bond motifs is 3. The first-order chi connectivity index (χ1) is 16.4. The van der Waals surface area contributed by atoms with Crippen LogP contribution >= 0.6 is 6.81 Å². The van der Waals surface area contributed by atoms with Gasteiger partial charge in [0, 0.05) is 25.8 Å². The van der Waals surface area contributed by atoms with Crippen molar-refractivity contribution in [2.45, 2.75) is 6.42 Å². The minimum Gasteiger partial charge on any atom is -0.0620 e. The fraction of sp³-hybridized carbons (Fsp3) is 0.0323. The molecule has 1 aliphatic rings. The quantitative estimate of drug-likeness (QED) is 0.217. The summed E-state index contributed by atoms with van der Waals surface area (Å²) < 4.78 is 0. The van der Waals surface area contributed by atoms with Crippen molar-refractivity contribution >= 4 is 37.1 Å². The second-order valence-corrected chi connectivity index (χ2v) is 14.8. The summed E-state index contributed by atoms with van der Waals surface area (Å²) in [5.41, 5.74) is 5.79. The molecule has 159 valence electrons. The maximum absolute atomic E-state index is 2.38. The zero-order chi connectivity index (χ0) is 22.1. The standard InChI is InChI=1S/C31H24PSi.Sc/c1-4-14-25(15-5-1)32(26-16-6-2-7-17-26,27-18-8-3-9-19-27)33-31-22-12-21-29-28-20-11-10-13-24(28)23-30(29)31;/h1-22H,23H2;/q+1;. The van der Waals surface area contributed by atoms with Gasteiger partial charge in [0.1, 0.15) is 0 Å². The van der Waals surface area contributed by atoms with Gasteiger partial charge in [-0.1, -0.05) is 97.1 Å². The molecule has 0 saturated carbocycles. The number of hydrogen-bond acceptors (Lipinski definition) is 0. The first-order valence-corrected chi connectivity index (χ1v) is 15.0. The molecule has 6 rings (SSSR count). The Balaban J connectivity index is 0.00000241. The van der Waals surface area contributed by atoms with Gasteiger partial charge in [-0.2, -0.15) is 0 Å². The molecule has 0 amide bonds. The predicted octanol–water partition coefficient (Wildman–Crippen LogP) is 5.49. The van der Waals surface area contributed by atoms with Crippen LogP contribution in [0.1, 0.15) is 11.1 Å². The third kappa shape index (κ3) is 4.03. The van der Waals surface area contributed by atoms with E-state index in [1.165, 1.54) is 43.4 Å². The Hall–Kier alpha value is -2.38. The minimum atomic E-state index is -1.87. The normalized spacial score (nSPS) is 11.9. The fourth-order valence-electron chi connectivity index (χ4n) is 5.04. The van der Waals surface area contributed by atoms with E-state index in [1.54, 1.807) is 0 Å². The summed E-state index contributed by atoms with van der Waals surface area (Å²) in [6.07, 6.45) is 1.03. The van der Waals surface area contributed by atoms with E-state index in [1.807, 2.05) is 0 Å². The molecule has 0 aromatic heterocycles. The van der Waals surface area contributed by atoms with Crippen molar-refractivity contribution in [1.29, 1.82) is 0 Å². The van der Waals surface area contributed by atoms with Crippen LogP contribution in [0.15, 0.2) is 133 Å². The zero-order valence-electron chi connectivity index (χ0n) is 18.9. The number of benzene rings is 5. The Morgan fingerprint density at radius 3 is 1.50 bits per heavy atom. The summed E-state index contributed by atoms with van der Waals surface area (Å²) in [4.78, 5) is 0. The van der Waals surface area contributed by atoms with Gasteiger partial charge in [0.25, 0.3) is 0 Å². The Labute approximate surface area is 223 Å². The van der Waals surface area contributed by atoms with Gasteiger partial charge in [-0.15, -0.1) is 0 Å². The summed E-state index contributed by atoms with van der Waals surface area (Å²) >= 11 is 0. The Morgan fingerprint density at radius 1 is 0.471 bits per heavy atom. The molecule has 0 fully saturated rings. The van der Waals surface area contributed by atoms with Crippen LogP contribution in [0.5, 0.6) is 0 Å². The van der Waals surface area contributed by atoms with Gasteiger partial charge in [-0.3, -0.25) is 0 Å². The summed E-state index contributed by atoms with van der Waals surface area (Å²) in [7, 11) is 0.679. The third-order valence-corrected chi connectivity index (χ3v) is 14.9.